The molecule has 3 heteroatoms. The summed E-state index contributed by atoms with van der Waals surface area (Å²) in [5.41, 5.74) is 0.945. The third-order valence-electron chi connectivity index (χ3n) is 1.00. The minimum atomic E-state index is 0.436. The molecular formula is C6H5Cl2N. The summed E-state index contributed by atoms with van der Waals surface area (Å²) in [6.45, 7) is 1.88. The van der Waals surface area contributed by atoms with Gasteiger partial charge in [-0.05, 0) is 18.6 Å². The molecule has 9 heavy (non-hydrogen) atoms. The fraction of sp³-hybridized carbons (Fsp3) is 0.167. The first-order valence-electron chi connectivity index (χ1n) is 2.48. The van der Waals surface area contributed by atoms with Crippen molar-refractivity contribution in [3.05, 3.63) is 28.0 Å². The van der Waals surface area contributed by atoms with Crippen molar-refractivity contribution in [3.8, 4) is 0 Å². The molecule has 0 radical (unpaired) electrons. The van der Waals surface area contributed by atoms with Gasteiger partial charge in [-0.2, -0.15) is 0 Å². The Morgan fingerprint density at radius 1 is 1.44 bits per heavy atom. The molecule has 0 spiro atoms. The van der Waals surface area contributed by atoms with E-state index in [-0.39, 0.29) is 0 Å². The van der Waals surface area contributed by atoms with Crippen LogP contribution in [0.1, 0.15) is 5.56 Å². The highest BCUT2D eigenvalue weighted by molar-refractivity contribution is 6.34. The predicted octanol–water partition coefficient (Wildman–Crippen LogP) is 2.70. The molecule has 0 aliphatic heterocycles. The summed E-state index contributed by atoms with van der Waals surface area (Å²) in [6, 6.07) is 1.62. The molecule has 1 nitrogen and oxygen atoms in total. The van der Waals surface area contributed by atoms with Crippen LogP contribution < -0.4 is 0 Å². The third kappa shape index (κ3) is 1.57. The van der Waals surface area contributed by atoms with Crippen LogP contribution in [0, 0.1) is 6.92 Å². The number of aromatic nitrogens is 1. The van der Waals surface area contributed by atoms with Crippen LogP contribution in [0.15, 0.2) is 12.3 Å². The molecule has 0 N–H and O–H groups in total. The Bertz CT molecular complexity index is 222. The maximum atomic E-state index is 5.69. The highest BCUT2D eigenvalue weighted by Crippen LogP contribution is 2.16. The molecule has 0 fully saturated rings. The molecule has 48 valence electrons. The van der Waals surface area contributed by atoms with E-state index in [0.29, 0.717) is 10.2 Å². The lowest BCUT2D eigenvalue weighted by molar-refractivity contribution is 1.27. The monoisotopic (exact) mass is 161 g/mol. The van der Waals surface area contributed by atoms with Crippen LogP contribution in [0.4, 0.5) is 0 Å². The molecule has 0 aromatic carbocycles. The Morgan fingerprint density at radius 2 is 2.11 bits per heavy atom. The van der Waals surface area contributed by atoms with E-state index in [1.807, 2.05) is 6.92 Å². The van der Waals surface area contributed by atoms with Crippen LogP contribution in [0.5, 0.6) is 0 Å². The zero-order chi connectivity index (χ0) is 6.85. The molecule has 0 bridgehead atoms. The van der Waals surface area contributed by atoms with Crippen molar-refractivity contribution in [1.29, 1.82) is 0 Å². The van der Waals surface area contributed by atoms with Crippen LogP contribution in [-0.4, -0.2) is 4.98 Å². The van der Waals surface area contributed by atoms with Gasteiger partial charge in [0.1, 0.15) is 5.15 Å². The lowest BCUT2D eigenvalue weighted by atomic mass is 10.3. The van der Waals surface area contributed by atoms with Gasteiger partial charge in [0, 0.05) is 11.2 Å². The molecule has 0 saturated heterocycles. The number of hydrogen-bond acceptors (Lipinski definition) is 1. The molecule has 1 heterocycles. The van der Waals surface area contributed by atoms with Crippen molar-refractivity contribution in [2.75, 3.05) is 0 Å². The van der Waals surface area contributed by atoms with Gasteiger partial charge in [-0.3, -0.25) is 0 Å². The summed E-state index contributed by atoms with van der Waals surface area (Å²) < 4.78 is 0. The Balaban J connectivity index is 3.17. The average molecular weight is 162 g/mol. The molecule has 1 aromatic heterocycles. The van der Waals surface area contributed by atoms with E-state index >= 15 is 0 Å². The lowest BCUT2D eigenvalue weighted by Gasteiger charge is -1.93. The number of pyridine rings is 1. The number of halogens is 2. The Morgan fingerprint density at radius 3 is 2.56 bits per heavy atom. The summed E-state index contributed by atoms with van der Waals surface area (Å²) in [6.07, 6.45) is 1.64. The number of aryl methyl sites for hydroxylation is 1. The molecule has 0 unspecified atom stereocenters. The molecule has 0 aliphatic rings. The van der Waals surface area contributed by atoms with Gasteiger partial charge in [-0.1, -0.05) is 23.2 Å². The van der Waals surface area contributed by atoms with Crippen LogP contribution in [0.2, 0.25) is 10.2 Å². The minimum absolute atomic E-state index is 0.436. The summed E-state index contributed by atoms with van der Waals surface area (Å²) in [5.74, 6) is 0. The highest BCUT2D eigenvalue weighted by atomic mass is 35.5. The standard InChI is InChI=1S/C6H5Cl2N/c1-4-3-9-6(8)2-5(4)7/h2-3H,1H3. The van der Waals surface area contributed by atoms with Gasteiger partial charge in [-0.15, -0.1) is 0 Å². The maximum absolute atomic E-state index is 5.69. The van der Waals surface area contributed by atoms with Crippen molar-refractivity contribution >= 4 is 23.2 Å². The van der Waals surface area contributed by atoms with Gasteiger partial charge in [0.25, 0.3) is 0 Å². The number of rotatable bonds is 0. The second-order valence-electron chi connectivity index (χ2n) is 1.76. The van der Waals surface area contributed by atoms with E-state index in [0.717, 1.165) is 5.56 Å². The van der Waals surface area contributed by atoms with E-state index in [1.54, 1.807) is 12.3 Å². The van der Waals surface area contributed by atoms with Gasteiger partial charge in [0.15, 0.2) is 0 Å². The molecular weight excluding hydrogens is 157 g/mol. The number of nitrogens with zero attached hydrogens (tertiary/aromatic N) is 1. The SMILES string of the molecule is Cc1cnc(Cl)cc1Cl. The summed E-state index contributed by atoms with van der Waals surface area (Å²) >= 11 is 11.2. The summed E-state index contributed by atoms with van der Waals surface area (Å²) in [5, 5.41) is 1.10. The van der Waals surface area contributed by atoms with Crippen molar-refractivity contribution in [3.63, 3.8) is 0 Å². The predicted molar refractivity (Wildman–Crippen MR) is 39.0 cm³/mol. The zero-order valence-electron chi connectivity index (χ0n) is 4.86. The summed E-state index contributed by atoms with van der Waals surface area (Å²) in [4.78, 5) is 3.82. The molecule has 0 aliphatic carbocycles. The van der Waals surface area contributed by atoms with Crippen molar-refractivity contribution < 1.29 is 0 Å². The van der Waals surface area contributed by atoms with E-state index in [4.69, 9.17) is 23.2 Å². The van der Waals surface area contributed by atoms with E-state index in [1.165, 1.54) is 0 Å². The van der Waals surface area contributed by atoms with E-state index in [2.05, 4.69) is 4.98 Å². The molecule has 1 aromatic rings. The van der Waals surface area contributed by atoms with Crippen molar-refractivity contribution in [2.24, 2.45) is 0 Å². The molecule has 0 amide bonds. The van der Waals surface area contributed by atoms with Crippen molar-refractivity contribution in [1.82, 2.24) is 4.98 Å². The second kappa shape index (κ2) is 2.54. The van der Waals surface area contributed by atoms with Crippen LogP contribution in [0.25, 0.3) is 0 Å². The fourth-order valence-corrected chi connectivity index (χ4v) is 0.842. The van der Waals surface area contributed by atoms with Gasteiger partial charge in [0.05, 0.1) is 0 Å². The van der Waals surface area contributed by atoms with E-state index in [9.17, 15) is 0 Å². The van der Waals surface area contributed by atoms with Crippen LogP contribution in [0.3, 0.4) is 0 Å². The largest absolute Gasteiger partial charge is 0.244 e. The Kier molecular flexibility index (Phi) is 1.94. The highest BCUT2D eigenvalue weighted by Gasteiger charge is 1.94. The van der Waals surface area contributed by atoms with Crippen molar-refractivity contribution in [2.45, 2.75) is 6.92 Å². The van der Waals surface area contributed by atoms with Gasteiger partial charge < -0.3 is 0 Å². The Labute approximate surface area is 63.6 Å². The quantitative estimate of drug-likeness (QED) is 0.534. The lowest BCUT2D eigenvalue weighted by Crippen LogP contribution is -1.77. The fourth-order valence-electron chi connectivity index (χ4n) is 0.476. The van der Waals surface area contributed by atoms with Crippen LogP contribution in [-0.2, 0) is 0 Å². The Hall–Kier alpha value is -0.270. The molecule has 0 saturated carbocycles. The molecule has 0 atom stereocenters. The first kappa shape index (κ1) is 6.84. The van der Waals surface area contributed by atoms with Gasteiger partial charge >= 0.3 is 0 Å². The summed E-state index contributed by atoms with van der Waals surface area (Å²) in [7, 11) is 0. The smallest absolute Gasteiger partial charge is 0.130 e. The maximum Gasteiger partial charge on any atom is 0.130 e. The number of hydrogen-bond donors (Lipinski definition) is 0. The second-order valence-corrected chi connectivity index (χ2v) is 2.55. The van der Waals surface area contributed by atoms with Gasteiger partial charge in [-0.25, -0.2) is 4.98 Å². The van der Waals surface area contributed by atoms with Gasteiger partial charge in [0.2, 0.25) is 0 Å². The normalized spacial score (nSPS) is 9.67. The minimum Gasteiger partial charge on any atom is -0.244 e. The first-order valence-corrected chi connectivity index (χ1v) is 3.23. The zero-order valence-corrected chi connectivity index (χ0v) is 6.37. The van der Waals surface area contributed by atoms with Crippen LogP contribution >= 0.6 is 23.2 Å². The van der Waals surface area contributed by atoms with E-state index < -0.39 is 0 Å². The molecule has 1 rings (SSSR count). The topological polar surface area (TPSA) is 12.9 Å². The average Bonchev–Trinajstić information content (AvgIpc) is 1.80. The third-order valence-corrected chi connectivity index (χ3v) is 1.62. The first-order chi connectivity index (χ1) is 4.20.